The predicted octanol–water partition coefficient (Wildman–Crippen LogP) is 1.46. The molecule has 1 aliphatic heterocycles. The number of nitrogens with zero attached hydrogens (tertiary/aromatic N) is 2. The minimum absolute atomic E-state index is 0.0423. The number of amides is 1. The van der Waals surface area contributed by atoms with Crippen LogP contribution in [0.2, 0.25) is 5.02 Å². The maximum absolute atomic E-state index is 12.1. The summed E-state index contributed by atoms with van der Waals surface area (Å²) in [5.74, 6) is -0.941. The van der Waals surface area contributed by atoms with Crippen LogP contribution in [0.25, 0.3) is 0 Å². The molecule has 0 radical (unpaired) electrons. The predicted molar refractivity (Wildman–Crippen MR) is 75.5 cm³/mol. The zero-order valence-corrected chi connectivity index (χ0v) is 12.0. The fourth-order valence-corrected chi connectivity index (χ4v) is 2.32. The molecular weight excluding hydrogens is 280 g/mol. The number of aliphatic carboxylic acids is 1. The van der Waals surface area contributed by atoms with E-state index in [9.17, 15) is 9.59 Å². The molecule has 1 atom stereocenters. The highest BCUT2D eigenvalue weighted by atomic mass is 35.5. The standard InChI is InChI=1S/C14H17ClN2O3/c1-10(14(19)20)16-6-7-17(13(18)9-16)8-11-2-4-12(15)5-3-11/h2-5,10H,6-9H2,1H3,(H,19,20). The zero-order chi connectivity index (χ0) is 14.7. The average molecular weight is 297 g/mol. The van der Waals surface area contributed by atoms with Gasteiger partial charge in [-0.15, -0.1) is 0 Å². The van der Waals surface area contributed by atoms with E-state index in [1.807, 2.05) is 12.1 Å². The molecule has 1 N–H and O–H groups in total. The molecule has 0 spiro atoms. The van der Waals surface area contributed by atoms with Gasteiger partial charge in [-0.1, -0.05) is 23.7 Å². The summed E-state index contributed by atoms with van der Waals surface area (Å²) in [6, 6.07) is 6.74. The largest absolute Gasteiger partial charge is 0.480 e. The highest BCUT2D eigenvalue weighted by Gasteiger charge is 2.29. The van der Waals surface area contributed by atoms with Crippen molar-refractivity contribution < 1.29 is 14.7 Å². The van der Waals surface area contributed by atoms with Crippen molar-refractivity contribution in [3.63, 3.8) is 0 Å². The Labute approximate surface area is 122 Å². The van der Waals surface area contributed by atoms with E-state index in [0.29, 0.717) is 24.7 Å². The van der Waals surface area contributed by atoms with Gasteiger partial charge >= 0.3 is 5.97 Å². The minimum atomic E-state index is -0.899. The van der Waals surface area contributed by atoms with Crippen molar-refractivity contribution in [3.8, 4) is 0 Å². The Morgan fingerprint density at radius 2 is 2.00 bits per heavy atom. The number of carbonyl (C=O) groups is 2. The van der Waals surface area contributed by atoms with E-state index in [1.54, 1.807) is 28.9 Å². The Bertz CT molecular complexity index is 504. The van der Waals surface area contributed by atoms with E-state index in [4.69, 9.17) is 16.7 Å². The van der Waals surface area contributed by atoms with Crippen LogP contribution in [0.3, 0.4) is 0 Å². The van der Waals surface area contributed by atoms with Crippen LogP contribution in [-0.2, 0) is 16.1 Å². The van der Waals surface area contributed by atoms with Gasteiger partial charge in [-0.2, -0.15) is 0 Å². The average Bonchev–Trinajstić information content (AvgIpc) is 2.42. The van der Waals surface area contributed by atoms with E-state index < -0.39 is 12.0 Å². The summed E-state index contributed by atoms with van der Waals surface area (Å²) in [7, 11) is 0. The van der Waals surface area contributed by atoms with Crippen molar-refractivity contribution in [2.24, 2.45) is 0 Å². The van der Waals surface area contributed by atoms with Crippen molar-refractivity contribution in [2.75, 3.05) is 19.6 Å². The lowest BCUT2D eigenvalue weighted by atomic mass is 10.1. The molecule has 5 nitrogen and oxygen atoms in total. The third-order valence-corrected chi connectivity index (χ3v) is 3.79. The topological polar surface area (TPSA) is 60.9 Å². The number of hydrogen-bond donors (Lipinski definition) is 1. The number of carboxylic acids is 1. The first-order valence-corrected chi connectivity index (χ1v) is 6.84. The van der Waals surface area contributed by atoms with E-state index in [0.717, 1.165) is 5.56 Å². The number of rotatable bonds is 4. The van der Waals surface area contributed by atoms with Crippen LogP contribution in [0, 0.1) is 0 Å². The number of carbonyl (C=O) groups excluding carboxylic acids is 1. The molecule has 1 aliphatic rings. The maximum Gasteiger partial charge on any atom is 0.320 e. The molecule has 0 bridgehead atoms. The fraction of sp³-hybridized carbons (Fsp3) is 0.429. The summed E-state index contributed by atoms with van der Waals surface area (Å²) in [5.41, 5.74) is 1.02. The summed E-state index contributed by atoms with van der Waals surface area (Å²) >= 11 is 5.82. The molecule has 1 unspecified atom stereocenters. The number of piperazine rings is 1. The molecule has 1 amide bonds. The Kier molecular flexibility index (Phi) is 4.62. The van der Waals surface area contributed by atoms with E-state index >= 15 is 0 Å². The maximum atomic E-state index is 12.1. The third kappa shape index (κ3) is 3.49. The van der Waals surface area contributed by atoms with Gasteiger partial charge in [-0.25, -0.2) is 0 Å². The molecule has 0 aliphatic carbocycles. The van der Waals surface area contributed by atoms with Gasteiger partial charge in [0.25, 0.3) is 0 Å². The molecular formula is C14H17ClN2O3. The van der Waals surface area contributed by atoms with E-state index in [-0.39, 0.29) is 12.5 Å². The summed E-state index contributed by atoms with van der Waals surface area (Å²) in [6.45, 7) is 3.41. The first-order chi connectivity index (χ1) is 9.47. The second-order valence-corrected chi connectivity index (χ2v) is 5.36. The highest BCUT2D eigenvalue weighted by Crippen LogP contribution is 2.14. The second-order valence-electron chi connectivity index (χ2n) is 4.93. The van der Waals surface area contributed by atoms with Gasteiger partial charge in [-0.3, -0.25) is 14.5 Å². The van der Waals surface area contributed by atoms with Crippen LogP contribution in [0.1, 0.15) is 12.5 Å². The Balaban J connectivity index is 1.95. The molecule has 1 fully saturated rings. The van der Waals surface area contributed by atoms with Gasteiger partial charge in [0.15, 0.2) is 0 Å². The number of hydrogen-bond acceptors (Lipinski definition) is 3. The number of halogens is 1. The zero-order valence-electron chi connectivity index (χ0n) is 11.3. The summed E-state index contributed by atoms with van der Waals surface area (Å²) in [5, 5.41) is 9.64. The van der Waals surface area contributed by atoms with E-state index in [2.05, 4.69) is 0 Å². The fourth-order valence-electron chi connectivity index (χ4n) is 2.19. The highest BCUT2D eigenvalue weighted by molar-refractivity contribution is 6.30. The van der Waals surface area contributed by atoms with Crippen LogP contribution >= 0.6 is 11.6 Å². The van der Waals surface area contributed by atoms with Crippen molar-refractivity contribution >= 4 is 23.5 Å². The first kappa shape index (κ1) is 14.8. The van der Waals surface area contributed by atoms with Gasteiger partial charge in [0, 0.05) is 24.7 Å². The SMILES string of the molecule is CC(C(=O)O)N1CCN(Cc2ccc(Cl)cc2)C(=O)C1. The quantitative estimate of drug-likeness (QED) is 0.914. The Morgan fingerprint density at radius 1 is 1.35 bits per heavy atom. The van der Waals surface area contributed by atoms with Crippen molar-refractivity contribution in [1.82, 2.24) is 9.80 Å². The molecule has 1 aromatic rings. The first-order valence-electron chi connectivity index (χ1n) is 6.46. The Morgan fingerprint density at radius 3 is 2.55 bits per heavy atom. The molecule has 1 aromatic carbocycles. The summed E-state index contributed by atoms with van der Waals surface area (Å²) < 4.78 is 0. The van der Waals surface area contributed by atoms with Gasteiger partial charge in [0.1, 0.15) is 6.04 Å². The minimum Gasteiger partial charge on any atom is -0.480 e. The number of carboxylic acid groups (broad SMARTS) is 1. The lowest BCUT2D eigenvalue weighted by Gasteiger charge is -2.36. The molecule has 108 valence electrons. The van der Waals surface area contributed by atoms with Crippen LogP contribution < -0.4 is 0 Å². The van der Waals surface area contributed by atoms with Gasteiger partial charge in [0.2, 0.25) is 5.91 Å². The molecule has 1 heterocycles. The molecule has 1 saturated heterocycles. The van der Waals surface area contributed by atoms with Gasteiger partial charge in [-0.05, 0) is 24.6 Å². The van der Waals surface area contributed by atoms with Crippen LogP contribution in [0.15, 0.2) is 24.3 Å². The normalized spacial score (nSPS) is 18.1. The van der Waals surface area contributed by atoms with Crippen molar-refractivity contribution in [1.29, 1.82) is 0 Å². The summed E-state index contributed by atoms with van der Waals surface area (Å²) in [6.07, 6.45) is 0. The van der Waals surface area contributed by atoms with Gasteiger partial charge in [0.05, 0.1) is 6.54 Å². The second kappa shape index (κ2) is 6.24. The summed E-state index contributed by atoms with van der Waals surface area (Å²) in [4.78, 5) is 26.4. The molecule has 20 heavy (non-hydrogen) atoms. The Hall–Kier alpha value is -1.59. The van der Waals surface area contributed by atoms with Gasteiger partial charge < -0.3 is 10.0 Å². The molecule has 6 heteroatoms. The van der Waals surface area contributed by atoms with Crippen molar-refractivity contribution in [3.05, 3.63) is 34.9 Å². The molecule has 0 aromatic heterocycles. The smallest absolute Gasteiger partial charge is 0.320 e. The van der Waals surface area contributed by atoms with Crippen LogP contribution in [0.4, 0.5) is 0 Å². The molecule has 2 rings (SSSR count). The lowest BCUT2D eigenvalue weighted by molar-refractivity contribution is -0.147. The molecule has 0 saturated carbocycles. The number of benzene rings is 1. The monoisotopic (exact) mass is 296 g/mol. The van der Waals surface area contributed by atoms with Crippen LogP contribution in [0.5, 0.6) is 0 Å². The lowest BCUT2D eigenvalue weighted by Crippen LogP contribution is -2.54. The van der Waals surface area contributed by atoms with Crippen LogP contribution in [-0.4, -0.2) is 52.5 Å². The van der Waals surface area contributed by atoms with E-state index in [1.165, 1.54) is 0 Å². The third-order valence-electron chi connectivity index (χ3n) is 3.54. The van der Waals surface area contributed by atoms with Crippen molar-refractivity contribution in [2.45, 2.75) is 19.5 Å².